The Morgan fingerprint density at radius 3 is 2.59 bits per heavy atom. The number of carbonyl (C=O) groups excluding carboxylic acids is 1. The van der Waals surface area contributed by atoms with Gasteiger partial charge in [0.15, 0.2) is 0 Å². The first-order valence-corrected chi connectivity index (χ1v) is 6.87. The Morgan fingerprint density at radius 2 is 2.18 bits per heavy atom. The van der Waals surface area contributed by atoms with Gasteiger partial charge in [-0.2, -0.15) is 0 Å². The maximum Gasteiger partial charge on any atom is 0.226 e. The summed E-state index contributed by atoms with van der Waals surface area (Å²) in [5.41, 5.74) is 0.0350. The van der Waals surface area contributed by atoms with Gasteiger partial charge in [0.1, 0.15) is 0 Å². The fourth-order valence-corrected chi connectivity index (χ4v) is 2.40. The maximum absolute atomic E-state index is 12.2. The molecular weight excluding hydrogens is 238 g/mol. The lowest BCUT2D eigenvalue weighted by molar-refractivity contribution is -0.127. The minimum Gasteiger partial charge on any atom is -0.378 e. The monoisotopic (exact) mass is 261 g/mol. The molecule has 0 saturated carbocycles. The van der Waals surface area contributed by atoms with E-state index < -0.39 is 0 Å². The Morgan fingerprint density at radius 1 is 1.53 bits per heavy atom. The van der Waals surface area contributed by atoms with Crippen molar-refractivity contribution in [3.8, 4) is 0 Å². The largest absolute Gasteiger partial charge is 0.378 e. The number of halogens is 1. The number of nitrogens with one attached hydrogen (secondary N) is 1. The second kappa shape index (κ2) is 6.05. The number of hydrogen-bond donors (Lipinski definition) is 1. The molecule has 3 atom stereocenters. The second-order valence-corrected chi connectivity index (χ2v) is 6.25. The molecule has 0 aromatic heterocycles. The smallest absolute Gasteiger partial charge is 0.226 e. The fraction of sp³-hybridized carbons (Fsp3) is 0.923. The van der Waals surface area contributed by atoms with E-state index >= 15 is 0 Å². The molecule has 1 amide bonds. The Hall–Kier alpha value is -0.280. The summed E-state index contributed by atoms with van der Waals surface area (Å²) in [7, 11) is 0. The topological polar surface area (TPSA) is 38.3 Å². The normalized spacial score (nSPS) is 26.9. The van der Waals surface area contributed by atoms with Crippen molar-refractivity contribution >= 4 is 17.5 Å². The summed E-state index contributed by atoms with van der Waals surface area (Å²) in [5.74, 6) is 0.675. The van der Waals surface area contributed by atoms with E-state index in [4.69, 9.17) is 16.3 Å². The lowest BCUT2D eigenvalue weighted by Gasteiger charge is -2.32. The summed E-state index contributed by atoms with van der Waals surface area (Å²) in [6.45, 7) is 9.02. The van der Waals surface area contributed by atoms with Crippen molar-refractivity contribution in [1.82, 2.24) is 5.32 Å². The van der Waals surface area contributed by atoms with Gasteiger partial charge < -0.3 is 10.1 Å². The third-order valence-corrected chi connectivity index (χ3v) is 3.69. The first-order chi connectivity index (χ1) is 7.86. The highest BCUT2D eigenvalue weighted by molar-refractivity contribution is 6.17. The lowest BCUT2D eigenvalue weighted by atomic mass is 9.84. The van der Waals surface area contributed by atoms with Crippen LogP contribution in [0, 0.1) is 11.3 Å². The van der Waals surface area contributed by atoms with E-state index in [-0.39, 0.29) is 29.4 Å². The van der Waals surface area contributed by atoms with Crippen LogP contribution >= 0.6 is 11.6 Å². The molecule has 1 aliphatic rings. The third-order valence-electron chi connectivity index (χ3n) is 3.47. The highest BCUT2D eigenvalue weighted by Crippen LogP contribution is 2.25. The van der Waals surface area contributed by atoms with Gasteiger partial charge in [-0.3, -0.25) is 4.79 Å². The number of rotatable bonds is 4. The molecule has 1 fully saturated rings. The number of ether oxygens (including phenoxy) is 1. The lowest BCUT2D eigenvalue weighted by Crippen LogP contribution is -2.47. The van der Waals surface area contributed by atoms with Crippen molar-refractivity contribution in [3.63, 3.8) is 0 Å². The van der Waals surface area contributed by atoms with Crippen molar-refractivity contribution in [2.24, 2.45) is 11.3 Å². The minimum atomic E-state index is -0.00447. The standard InChI is InChI=1S/C13H24ClNO2/c1-9-10(6-8-17-9)12(16)15-11(5-7-14)13(2,3)4/h9-11H,5-8H2,1-4H3,(H,15,16). The van der Waals surface area contributed by atoms with Crippen LogP contribution in [0.2, 0.25) is 0 Å². The molecule has 3 unspecified atom stereocenters. The van der Waals surface area contributed by atoms with E-state index in [0.717, 1.165) is 12.8 Å². The van der Waals surface area contributed by atoms with Crippen molar-refractivity contribution in [1.29, 1.82) is 0 Å². The Labute approximate surface area is 109 Å². The molecule has 1 N–H and O–H groups in total. The van der Waals surface area contributed by atoms with Gasteiger partial charge in [0.05, 0.1) is 12.0 Å². The van der Waals surface area contributed by atoms with E-state index in [1.807, 2.05) is 6.92 Å². The molecule has 0 bridgehead atoms. The Kier molecular flexibility index (Phi) is 5.26. The van der Waals surface area contributed by atoms with Gasteiger partial charge in [-0.1, -0.05) is 20.8 Å². The van der Waals surface area contributed by atoms with Gasteiger partial charge in [-0.15, -0.1) is 11.6 Å². The van der Waals surface area contributed by atoms with Crippen LogP contribution in [0.5, 0.6) is 0 Å². The highest BCUT2D eigenvalue weighted by atomic mass is 35.5. The summed E-state index contributed by atoms with van der Waals surface area (Å²) in [6, 6.07) is 0.125. The van der Waals surface area contributed by atoms with Gasteiger partial charge >= 0.3 is 0 Å². The van der Waals surface area contributed by atoms with Gasteiger partial charge in [-0.25, -0.2) is 0 Å². The molecule has 0 aliphatic carbocycles. The van der Waals surface area contributed by atoms with Crippen LogP contribution in [0.4, 0.5) is 0 Å². The summed E-state index contributed by atoms with van der Waals surface area (Å²) in [5, 5.41) is 3.13. The molecule has 0 spiro atoms. The van der Waals surface area contributed by atoms with E-state index in [0.29, 0.717) is 12.5 Å². The molecule has 1 rings (SSSR count). The molecule has 100 valence electrons. The highest BCUT2D eigenvalue weighted by Gasteiger charge is 2.34. The average molecular weight is 262 g/mol. The summed E-state index contributed by atoms with van der Waals surface area (Å²) in [4.78, 5) is 12.2. The molecule has 0 aromatic carbocycles. The molecule has 1 aliphatic heterocycles. The molecular formula is C13H24ClNO2. The zero-order valence-electron chi connectivity index (χ0n) is 11.3. The van der Waals surface area contributed by atoms with E-state index in [2.05, 4.69) is 26.1 Å². The summed E-state index contributed by atoms with van der Waals surface area (Å²) >= 11 is 5.80. The average Bonchev–Trinajstić information content (AvgIpc) is 2.62. The van der Waals surface area contributed by atoms with E-state index in [9.17, 15) is 4.79 Å². The van der Waals surface area contributed by atoms with E-state index in [1.165, 1.54) is 0 Å². The number of carbonyl (C=O) groups is 1. The van der Waals surface area contributed by atoms with Crippen LogP contribution < -0.4 is 5.32 Å². The van der Waals surface area contributed by atoms with E-state index in [1.54, 1.807) is 0 Å². The maximum atomic E-state index is 12.2. The van der Waals surface area contributed by atoms with Gasteiger partial charge in [0.2, 0.25) is 5.91 Å². The van der Waals surface area contributed by atoms with Crippen molar-refractivity contribution in [2.45, 2.75) is 52.7 Å². The first kappa shape index (κ1) is 14.8. The molecule has 3 nitrogen and oxygen atoms in total. The second-order valence-electron chi connectivity index (χ2n) is 5.88. The fourth-order valence-electron chi connectivity index (χ4n) is 2.19. The third kappa shape index (κ3) is 4.14. The van der Waals surface area contributed by atoms with Crippen LogP contribution in [0.25, 0.3) is 0 Å². The quantitative estimate of drug-likeness (QED) is 0.790. The Bertz CT molecular complexity index is 263. The predicted octanol–water partition coefficient (Wildman–Crippen LogP) is 2.57. The van der Waals surface area contributed by atoms with Crippen molar-refractivity contribution < 1.29 is 9.53 Å². The van der Waals surface area contributed by atoms with Gasteiger partial charge in [0.25, 0.3) is 0 Å². The van der Waals surface area contributed by atoms with Gasteiger partial charge in [0, 0.05) is 18.5 Å². The van der Waals surface area contributed by atoms with Crippen molar-refractivity contribution in [3.05, 3.63) is 0 Å². The Balaban J connectivity index is 2.57. The molecule has 0 radical (unpaired) electrons. The molecule has 0 aromatic rings. The minimum absolute atomic E-state index is 0.00447. The van der Waals surface area contributed by atoms with Gasteiger partial charge in [-0.05, 0) is 25.2 Å². The molecule has 1 heterocycles. The zero-order chi connectivity index (χ0) is 13.1. The molecule has 17 heavy (non-hydrogen) atoms. The number of hydrogen-bond acceptors (Lipinski definition) is 2. The SMILES string of the molecule is CC1OCCC1C(=O)NC(CCCl)C(C)(C)C. The predicted molar refractivity (Wildman–Crippen MR) is 70.2 cm³/mol. The van der Waals surface area contributed by atoms with Crippen LogP contribution in [0.3, 0.4) is 0 Å². The molecule has 4 heteroatoms. The number of amides is 1. The van der Waals surface area contributed by atoms with Crippen LogP contribution in [0.1, 0.15) is 40.5 Å². The summed E-state index contributed by atoms with van der Waals surface area (Å²) < 4.78 is 5.43. The van der Waals surface area contributed by atoms with Crippen molar-refractivity contribution in [2.75, 3.05) is 12.5 Å². The van der Waals surface area contributed by atoms with Crippen LogP contribution in [0.15, 0.2) is 0 Å². The zero-order valence-corrected chi connectivity index (χ0v) is 12.0. The number of alkyl halides is 1. The first-order valence-electron chi connectivity index (χ1n) is 6.34. The summed E-state index contributed by atoms with van der Waals surface area (Å²) in [6.07, 6.45) is 1.66. The molecule has 1 saturated heterocycles. The van der Waals surface area contributed by atoms with Crippen LogP contribution in [-0.4, -0.2) is 30.5 Å². The van der Waals surface area contributed by atoms with Crippen LogP contribution in [-0.2, 0) is 9.53 Å².